The van der Waals surface area contributed by atoms with Crippen molar-refractivity contribution >= 4 is 29.2 Å². The highest BCUT2D eigenvalue weighted by Gasteiger charge is 2.15. The van der Waals surface area contributed by atoms with Crippen LogP contribution in [0.1, 0.15) is 20.3 Å². The Kier molecular flexibility index (Phi) is 2.78. The van der Waals surface area contributed by atoms with Crippen LogP contribution < -0.4 is 5.32 Å². The van der Waals surface area contributed by atoms with Crippen molar-refractivity contribution in [1.82, 2.24) is 25.2 Å². The van der Waals surface area contributed by atoms with Crippen molar-refractivity contribution in [1.29, 1.82) is 0 Å². The second kappa shape index (κ2) is 4.25. The average molecular weight is 254 g/mol. The molecule has 2 heterocycles. The van der Waals surface area contributed by atoms with Crippen molar-refractivity contribution in [2.24, 2.45) is 7.05 Å². The quantitative estimate of drug-likeness (QED) is 0.764. The minimum absolute atomic E-state index is 0.000136. The number of tetrazole rings is 1. The molecule has 2 rings (SSSR count). The van der Waals surface area contributed by atoms with E-state index in [-0.39, 0.29) is 16.6 Å². The van der Waals surface area contributed by atoms with Crippen LogP contribution in [0.25, 0.3) is 0 Å². The summed E-state index contributed by atoms with van der Waals surface area (Å²) in [4.78, 5) is 27.0. The molecule has 0 aromatic carbocycles. The van der Waals surface area contributed by atoms with Crippen LogP contribution in [0.5, 0.6) is 0 Å². The van der Waals surface area contributed by atoms with E-state index in [1.165, 1.54) is 10.2 Å². The van der Waals surface area contributed by atoms with Gasteiger partial charge < -0.3 is 5.11 Å². The summed E-state index contributed by atoms with van der Waals surface area (Å²) in [6, 6.07) is 0. The monoisotopic (exact) mass is 254 g/mol. The Morgan fingerprint density at radius 2 is 2.29 bits per heavy atom. The van der Waals surface area contributed by atoms with Crippen molar-refractivity contribution in [2.45, 2.75) is 0 Å². The fraction of sp³-hybridized carbons (Fsp3) is 0.143. The molecule has 2 aromatic rings. The molecule has 17 heavy (non-hydrogen) atoms. The fourth-order valence-corrected chi connectivity index (χ4v) is 1.61. The number of nitrogens with one attached hydrogen (secondary N) is 1. The molecular formula is C7H6N6O3S. The van der Waals surface area contributed by atoms with E-state index >= 15 is 0 Å². The van der Waals surface area contributed by atoms with Gasteiger partial charge in [-0.3, -0.25) is 10.1 Å². The number of aromatic carboxylic acids is 1. The molecule has 0 spiro atoms. The van der Waals surface area contributed by atoms with Gasteiger partial charge in [0, 0.05) is 5.38 Å². The summed E-state index contributed by atoms with van der Waals surface area (Å²) in [5.41, 5.74) is -0.000136. The maximum absolute atomic E-state index is 11.6. The molecule has 0 saturated carbocycles. The van der Waals surface area contributed by atoms with E-state index in [1.807, 2.05) is 0 Å². The molecule has 0 saturated heterocycles. The summed E-state index contributed by atoms with van der Waals surface area (Å²) < 4.78 is 0. The van der Waals surface area contributed by atoms with Gasteiger partial charge >= 0.3 is 5.97 Å². The van der Waals surface area contributed by atoms with Gasteiger partial charge in [-0.05, 0) is 5.21 Å². The third-order valence-corrected chi connectivity index (χ3v) is 2.48. The van der Waals surface area contributed by atoms with Gasteiger partial charge in [-0.25, -0.2) is 9.78 Å². The first-order valence-electron chi connectivity index (χ1n) is 4.30. The van der Waals surface area contributed by atoms with Gasteiger partial charge in [0.25, 0.3) is 11.9 Å². The number of anilines is 1. The van der Waals surface area contributed by atoms with Crippen molar-refractivity contribution in [2.75, 3.05) is 5.32 Å². The lowest BCUT2D eigenvalue weighted by Gasteiger charge is -1.94. The SMILES string of the molecule is Cn1nnc(NC(=O)c2csc(C(=O)O)n2)n1. The van der Waals surface area contributed by atoms with E-state index in [1.54, 1.807) is 7.05 Å². The first-order valence-corrected chi connectivity index (χ1v) is 5.18. The van der Waals surface area contributed by atoms with Gasteiger partial charge in [0.15, 0.2) is 0 Å². The lowest BCUT2D eigenvalue weighted by Crippen LogP contribution is -2.14. The molecule has 0 aliphatic heterocycles. The van der Waals surface area contributed by atoms with Gasteiger partial charge in [-0.2, -0.15) is 4.80 Å². The minimum atomic E-state index is -1.17. The number of hydrogen-bond donors (Lipinski definition) is 2. The first-order chi connectivity index (χ1) is 8.06. The van der Waals surface area contributed by atoms with Gasteiger partial charge in [-0.1, -0.05) is 5.10 Å². The number of carbonyl (C=O) groups is 2. The number of carboxylic acid groups (broad SMARTS) is 1. The van der Waals surface area contributed by atoms with Crippen LogP contribution in [-0.2, 0) is 7.05 Å². The molecule has 0 atom stereocenters. The molecule has 88 valence electrons. The highest BCUT2D eigenvalue weighted by atomic mass is 32.1. The molecule has 1 amide bonds. The van der Waals surface area contributed by atoms with E-state index in [9.17, 15) is 9.59 Å². The summed E-state index contributed by atoms with van der Waals surface area (Å²) in [5, 5.41) is 23.0. The molecule has 9 nitrogen and oxygen atoms in total. The molecule has 2 N–H and O–H groups in total. The van der Waals surface area contributed by atoms with E-state index < -0.39 is 11.9 Å². The lowest BCUT2D eigenvalue weighted by atomic mass is 10.4. The zero-order valence-corrected chi connectivity index (χ0v) is 9.30. The number of nitrogens with zero attached hydrogens (tertiary/aromatic N) is 5. The van der Waals surface area contributed by atoms with E-state index in [0.717, 1.165) is 11.3 Å². The van der Waals surface area contributed by atoms with Crippen molar-refractivity contribution in [3.8, 4) is 0 Å². The highest BCUT2D eigenvalue weighted by molar-refractivity contribution is 7.11. The number of carboxylic acids is 1. The van der Waals surface area contributed by atoms with Crippen LogP contribution in [0, 0.1) is 0 Å². The number of rotatable bonds is 3. The maximum atomic E-state index is 11.6. The molecular weight excluding hydrogens is 248 g/mol. The first kappa shape index (κ1) is 11.1. The zero-order valence-electron chi connectivity index (χ0n) is 8.49. The molecule has 10 heteroatoms. The Labute approximate surface area is 98.1 Å². The van der Waals surface area contributed by atoms with Crippen LogP contribution >= 0.6 is 11.3 Å². The minimum Gasteiger partial charge on any atom is -0.476 e. The van der Waals surface area contributed by atoms with Gasteiger partial charge in [0.05, 0.1) is 7.05 Å². The molecule has 0 unspecified atom stereocenters. The average Bonchev–Trinajstić information content (AvgIpc) is 2.86. The van der Waals surface area contributed by atoms with Gasteiger partial charge in [0.2, 0.25) is 5.01 Å². The second-order valence-electron chi connectivity index (χ2n) is 2.90. The maximum Gasteiger partial charge on any atom is 0.365 e. The number of aromatic nitrogens is 5. The smallest absolute Gasteiger partial charge is 0.365 e. The summed E-state index contributed by atoms with van der Waals surface area (Å²) in [7, 11) is 1.55. The van der Waals surface area contributed by atoms with Crippen LogP contribution in [0.3, 0.4) is 0 Å². The Morgan fingerprint density at radius 1 is 1.53 bits per heavy atom. The molecule has 0 fully saturated rings. The number of carbonyl (C=O) groups excluding carboxylic acids is 1. The molecule has 2 aromatic heterocycles. The second-order valence-corrected chi connectivity index (χ2v) is 3.76. The van der Waals surface area contributed by atoms with Crippen molar-refractivity contribution < 1.29 is 14.7 Å². The Balaban J connectivity index is 2.11. The third kappa shape index (κ3) is 2.42. The number of thiazole rings is 1. The van der Waals surface area contributed by atoms with Gasteiger partial charge in [0.1, 0.15) is 5.69 Å². The summed E-state index contributed by atoms with van der Waals surface area (Å²) in [6.45, 7) is 0. The summed E-state index contributed by atoms with van der Waals surface area (Å²) in [6.07, 6.45) is 0. The lowest BCUT2D eigenvalue weighted by molar-refractivity contribution is 0.0696. The predicted molar refractivity (Wildman–Crippen MR) is 55.8 cm³/mol. The Hall–Kier alpha value is -2.36. The molecule has 0 aliphatic rings. The van der Waals surface area contributed by atoms with Crippen LogP contribution in [-0.4, -0.2) is 42.2 Å². The van der Waals surface area contributed by atoms with Gasteiger partial charge in [-0.15, -0.1) is 16.4 Å². The normalized spacial score (nSPS) is 10.2. The zero-order chi connectivity index (χ0) is 12.4. The molecule has 0 aliphatic carbocycles. The van der Waals surface area contributed by atoms with E-state index in [4.69, 9.17) is 5.11 Å². The third-order valence-electron chi connectivity index (χ3n) is 1.65. The van der Waals surface area contributed by atoms with Crippen molar-refractivity contribution in [3.05, 3.63) is 16.1 Å². The number of aryl methyl sites for hydroxylation is 1. The number of hydrogen-bond acceptors (Lipinski definition) is 7. The highest BCUT2D eigenvalue weighted by Crippen LogP contribution is 2.10. The molecule has 0 bridgehead atoms. The van der Waals surface area contributed by atoms with E-state index in [2.05, 4.69) is 25.7 Å². The van der Waals surface area contributed by atoms with Crippen molar-refractivity contribution in [3.63, 3.8) is 0 Å². The molecule has 0 radical (unpaired) electrons. The van der Waals surface area contributed by atoms with Crippen LogP contribution in [0.15, 0.2) is 5.38 Å². The Morgan fingerprint density at radius 3 is 2.82 bits per heavy atom. The predicted octanol–water partition coefficient (Wildman–Crippen LogP) is -0.383. The van der Waals surface area contributed by atoms with E-state index in [0.29, 0.717) is 0 Å². The van der Waals surface area contributed by atoms with Crippen LogP contribution in [0.2, 0.25) is 0 Å². The fourth-order valence-electron chi connectivity index (χ4n) is 0.976. The summed E-state index contributed by atoms with van der Waals surface area (Å²) >= 11 is 0.869. The summed E-state index contributed by atoms with van der Waals surface area (Å²) in [5.74, 6) is -1.73. The number of amides is 1. The van der Waals surface area contributed by atoms with Crippen LogP contribution in [0.4, 0.5) is 5.95 Å². The Bertz CT molecular complexity index is 576. The largest absolute Gasteiger partial charge is 0.476 e. The topological polar surface area (TPSA) is 123 Å². The standard InChI is InChI=1S/C7H6N6O3S/c1-13-11-7(10-12-13)9-4(14)3-2-17-5(8-3)6(15)16/h2H,1H3,(H,15,16)(H,9,11,14).